The number of aromatic nitrogens is 1. The molecule has 1 atom stereocenters. The Bertz CT molecular complexity index is 2020. The highest BCUT2D eigenvalue weighted by Crippen LogP contribution is 2.27. The number of piperidine rings is 1. The quantitative estimate of drug-likeness (QED) is 0.205. The van der Waals surface area contributed by atoms with Gasteiger partial charge in [0.05, 0.1) is 5.56 Å². The van der Waals surface area contributed by atoms with Crippen LogP contribution in [0, 0.1) is 13.8 Å². The molecule has 3 aliphatic heterocycles. The molecule has 0 radical (unpaired) electrons. The summed E-state index contributed by atoms with van der Waals surface area (Å²) in [7, 11) is 0. The first kappa shape index (κ1) is 38.2. The van der Waals surface area contributed by atoms with Gasteiger partial charge < -0.3 is 39.5 Å². The predicted molar refractivity (Wildman–Crippen MR) is 211 cm³/mol. The molecule has 7 rings (SSSR count). The van der Waals surface area contributed by atoms with E-state index in [1.54, 1.807) is 60.3 Å². The number of rotatable bonds is 9. The van der Waals surface area contributed by atoms with Crippen LogP contribution in [0.2, 0.25) is 0 Å². The molecular weight excluding hydrogens is 713 g/mol. The lowest BCUT2D eigenvalue weighted by Gasteiger charge is -2.39. The molecule has 0 unspecified atom stereocenters. The number of phenols is 1. The lowest BCUT2D eigenvalue weighted by molar-refractivity contribution is -0.141. The summed E-state index contributed by atoms with van der Waals surface area (Å²) in [6.45, 7) is 7.12. The Hall–Kier alpha value is -6.11. The minimum Gasteiger partial charge on any atom is -0.507 e. The van der Waals surface area contributed by atoms with Crippen LogP contribution in [0.5, 0.6) is 5.75 Å². The second-order valence-electron chi connectivity index (χ2n) is 14.7. The van der Waals surface area contributed by atoms with Gasteiger partial charge in [-0.2, -0.15) is 0 Å². The topological polar surface area (TPSA) is 145 Å². The lowest BCUT2D eigenvalue weighted by Crippen LogP contribution is -2.54. The molecular formula is C43H48N6O7. The van der Waals surface area contributed by atoms with Crippen molar-refractivity contribution >= 4 is 35.4 Å². The van der Waals surface area contributed by atoms with Gasteiger partial charge >= 0.3 is 18.1 Å². The van der Waals surface area contributed by atoms with Crippen LogP contribution < -0.4 is 10.2 Å². The van der Waals surface area contributed by atoms with Crippen LogP contribution in [-0.4, -0.2) is 107 Å². The minimum absolute atomic E-state index is 0.0207. The van der Waals surface area contributed by atoms with Crippen LogP contribution in [0.15, 0.2) is 85.2 Å². The molecule has 0 saturated carbocycles. The summed E-state index contributed by atoms with van der Waals surface area (Å²) >= 11 is 0. The number of likely N-dealkylation sites (tertiary alicyclic amines) is 1. The van der Waals surface area contributed by atoms with Crippen molar-refractivity contribution in [2.75, 3.05) is 56.0 Å². The van der Waals surface area contributed by atoms with Gasteiger partial charge in [0.15, 0.2) is 6.10 Å². The summed E-state index contributed by atoms with van der Waals surface area (Å²) in [6.07, 6.45) is 3.80. The fraction of sp³-hybridized carbons (Fsp3) is 0.372. The van der Waals surface area contributed by atoms with Crippen molar-refractivity contribution in [1.29, 1.82) is 0 Å². The Morgan fingerprint density at radius 1 is 0.839 bits per heavy atom. The maximum Gasteiger partial charge on any atom is 0.410 e. The molecule has 13 heteroatoms. The van der Waals surface area contributed by atoms with E-state index in [9.17, 15) is 24.3 Å². The third-order valence-electron chi connectivity index (χ3n) is 11.0. The van der Waals surface area contributed by atoms with Gasteiger partial charge in [-0.1, -0.05) is 30.3 Å². The molecule has 0 aliphatic carbocycles. The first-order valence-corrected chi connectivity index (χ1v) is 19.2. The number of aromatic hydroxyl groups is 1. The Morgan fingerprint density at radius 2 is 1.52 bits per heavy atom. The summed E-state index contributed by atoms with van der Waals surface area (Å²) < 4.78 is 11.5. The second-order valence-corrected chi connectivity index (χ2v) is 14.7. The Balaban J connectivity index is 0.959. The number of nitrogens with zero attached hydrogens (tertiary/aromatic N) is 5. The van der Waals surface area contributed by atoms with E-state index in [0.717, 1.165) is 34.5 Å². The van der Waals surface area contributed by atoms with Crippen molar-refractivity contribution in [2.45, 2.75) is 58.3 Å². The largest absolute Gasteiger partial charge is 0.507 e. The molecule has 3 aliphatic rings. The number of pyridine rings is 1. The number of nitrogens with one attached hydrogen (secondary N) is 1. The molecule has 56 heavy (non-hydrogen) atoms. The van der Waals surface area contributed by atoms with Crippen LogP contribution in [0.3, 0.4) is 0 Å². The van der Waals surface area contributed by atoms with Gasteiger partial charge in [0.1, 0.15) is 12.4 Å². The van der Waals surface area contributed by atoms with Crippen molar-refractivity contribution in [3.63, 3.8) is 0 Å². The average Bonchev–Trinajstić information content (AvgIpc) is 3.39. The maximum absolute atomic E-state index is 14.2. The van der Waals surface area contributed by atoms with Gasteiger partial charge in [-0.05, 0) is 103 Å². The normalized spacial score (nSPS) is 16.7. The number of para-hydroxylation sites is 1. The zero-order valence-electron chi connectivity index (χ0n) is 31.9. The van der Waals surface area contributed by atoms with Gasteiger partial charge in [0.2, 0.25) is 0 Å². The Kier molecular flexibility index (Phi) is 11.7. The summed E-state index contributed by atoms with van der Waals surface area (Å²) in [6, 6.07) is 22.2. The number of urea groups is 1. The molecule has 13 nitrogen and oxygen atoms in total. The van der Waals surface area contributed by atoms with E-state index in [2.05, 4.69) is 15.2 Å². The second kappa shape index (κ2) is 17.1. The number of carbonyl (C=O) groups is 4. The molecule has 4 heterocycles. The monoisotopic (exact) mass is 760 g/mol. The SMILES string of the molecule is Cc1cc(C[C@@H](OC(=O)N2CCC(N3CCc4ccccc4NC3=O)CC2)C(=O)N2CCN(c3ccc(C(=O)OCc4ccncc4)cc3)CC2)cc(C)c1O. The molecule has 2 N–H and O–H groups in total. The van der Waals surface area contributed by atoms with Gasteiger partial charge in [-0.3, -0.25) is 9.78 Å². The third kappa shape index (κ3) is 8.88. The standard InChI is InChI=1S/C43H48N6O7/c1-29-25-32(26-30(2)39(29)50)27-38(56-43(54)48-18-14-36(15-19-48)49-20-13-33-5-3-4-6-37(33)45-42(49)53)40(51)47-23-21-46(22-24-47)35-9-7-34(8-10-35)41(52)55-28-31-11-16-44-17-12-31/h3-12,16-17,25-26,36,38,50H,13-15,18-24,27-28H2,1-2H3,(H,45,53)/t38-/m1/s1. The lowest BCUT2D eigenvalue weighted by atomic mass is 10.0. The Morgan fingerprint density at radius 3 is 2.21 bits per heavy atom. The number of phenolic OH excluding ortho intramolecular Hbond substituents is 1. The molecule has 0 bridgehead atoms. The fourth-order valence-corrected chi connectivity index (χ4v) is 7.76. The highest BCUT2D eigenvalue weighted by atomic mass is 16.6. The smallest absolute Gasteiger partial charge is 0.410 e. The zero-order valence-corrected chi connectivity index (χ0v) is 31.9. The van der Waals surface area contributed by atoms with Gasteiger partial charge in [0.25, 0.3) is 5.91 Å². The molecule has 2 fully saturated rings. The van der Waals surface area contributed by atoms with E-state index < -0.39 is 18.2 Å². The van der Waals surface area contributed by atoms with Crippen LogP contribution in [0.25, 0.3) is 0 Å². The van der Waals surface area contributed by atoms with E-state index in [0.29, 0.717) is 75.3 Å². The van der Waals surface area contributed by atoms with Crippen LogP contribution >= 0.6 is 0 Å². The van der Waals surface area contributed by atoms with Gasteiger partial charge in [0, 0.05) is 82.0 Å². The van der Waals surface area contributed by atoms with Gasteiger partial charge in [-0.25, -0.2) is 14.4 Å². The first-order valence-electron chi connectivity index (χ1n) is 19.2. The van der Waals surface area contributed by atoms with Crippen molar-refractivity contribution in [3.8, 4) is 5.75 Å². The van der Waals surface area contributed by atoms with Crippen LogP contribution in [0.1, 0.15) is 51.0 Å². The summed E-state index contributed by atoms with van der Waals surface area (Å²) in [5.74, 6) is -0.488. The number of benzene rings is 3. The molecule has 0 spiro atoms. The van der Waals surface area contributed by atoms with E-state index in [1.807, 2.05) is 53.4 Å². The van der Waals surface area contributed by atoms with E-state index in [-0.39, 0.29) is 36.8 Å². The van der Waals surface area contributed by atoms with Crippen LogP contribution in [0.4, 0.5) is 21.0 Å². The van der Waals surface area contributed by atoms with Crippen LogP contribution in [-0.2, 0) is 33.7 Å². The third-order valence-corrected chi connectivity index (χ3v) is 11.0. The Labute approximate surface area is 326 Å². The number of fused-ring (bicyclic) bond motifs is 1. The number of hydrogen-bond donors (Lipinski definition) is 2. The van der Waals surface area contributed by atoms with Crippen molar-refractivity contribution in [1.82, 2.24) is 19.7 Å². The highest BCUT2D eigenvalue weighted by molar-refractivity contribution is 5.91. The number of ether oxygens (including phenoxy) is 2. The van der Waals surface area contributed by atoms with Crippen molar-refractivity contribution in [2.24, 2.45) is 0 Å². The molecule has 2 saturated heterocycles. The molecule has 4 aromatic rings. The number of carbonyl (C=O) groups excluding carboxylic acids is 4. The van der Waals surface area contributed by atoms with E-state index >= 15 is 0 Å². The summed E-state index contributed by atoms with van der Waals surface area (Å²) in [5.41, 5.74) is 6.32. The molecule has 1 aromatic heterocycles. The number of piperazine rings is 1. The average molecular weight is 761 g/mol. The molecule has 4 amide bonds. The number of anilines is 2. The van der Waals surface area contributed by atoms with Gasteiger partial charge in [-0.15, -0.1) is 0 Å². The number of esters is 1. The predicted octanol–water partition coefficient (Wildman–Crippen LogP) is 5.71. The molecule has 3 aromatic carbocycles. The van der Waals surface area contributed by atoms with E-state index in [1.165, 1.54) is 0 Å². The summed E-state index contributed by atoms with van der Waals surface area (Å²) in [4.78, 5) is 65.0. The minimum atomic E-state index is -1.07. The fourth-order valence-electron chi connectivity index (χ4n) is 7.76. The zero-order chi connectivity index (χ0) is 39.2. The number of hydrogen-bond acceptors (Lipinski definition) is 9. The number of aryl methyl sites for hydroxylation is 2. The number of amides is 4. The van der Waals surface area contributed by atoms with Crippen molar-refractivity contribution < 1.29 is 33.8 Å². The highest BCUT2D eigenvalue weighted by Gasteiger charge is 2.35. The van der Waals surface area contributed by atoms with E-state index in [4.69, 9.17) is 9.47 Å². The van der Waals surface area contributed by atoms with Crippen molar-refractivity contribution in [3.05, 3.63) is 119 Å². The summed E-state index contributed by atoms with van der Waals surface area (Å²) in [5, 5.41) is 13.4. The molecule has 292 valence electrons. The first-order chi connectivity index (χ1) is 27.1. The maximum atomic E-state index is 14.2.